The average molecular weight is 351 g/mol. The molecule has 6 heteroatoms. The quantitative estimate of drug-likeness (QED) is 0.547. The fourth-order valence-corrected chi connectivity index (χ4v) is 3.50. The summed E-state index contributed by atoms with van der Waals surface area (Å²) in [5.74, 6) is -0.369. The van der Waals surface area contributed by atoms with Crippen molar-refractivity contribution in [1.82, 2.24) is 9.97 Å². The molecular formula is C19H14FN3OS. The van der Waals surface area contributed by atoms with Crippen molar-refractivity contribution in [2.45, 2.75) is 4.90 Å². The van der Waals surface area contributed by atoms with Gasteiger partial charge in [-0.15, -0.1) is 5.14 Å². The second-order valence-electron chi connectivity index (χ2n) is 5.63. The minimum absolute atomic E-state index is 0.369. The van der Waals surface area contributed by atoms with Crippen molar-refractivity contribution in [1.29, 1.82) is 0 Å². The summed E-state index contributed by atoms with van der Waals surface area (Å²) in [4.78, 5) is 7.79. The third kappa shape index (κ3) is 2.91. The van der Waals surface area contributed by atoms with Gasteiger partial charge >= 0.3 is 0 Å². The van der Waals surface area contributed by atoms with Crippen LogP contribution in [0.1, 0.15) is 0 Å². The molecule has 124 valence electrons. The van der Waals surface area contributed by atoms with Crippen LogP contribution in [0, 0.1) is 5.82 Å². The molecule has 2 aromatic carbocycles. The van der Waals surface area contributed by atoms with Gasteiger partial charge in [-0.2, -0.15) is 0 Å². The van der Waals surface area contributed by atoms with Gasteiger partial charge in [-0.1, -0.05) is 24.3 Å². The second kappa shape index (κ2) is 6.33. The zero-order valence-corrected chi connectivity index (χ0v) is 13.9. The highest BCUT2D eigenvalue weighted by Crippen LogP contribution is 2.31. The SMILES string of the molecule is N[S+]([O-])c1ccccc1-c1ccc(-c2cnc3[nH]ccc3c2)c(F)c1. The van der Waals surface area contributed by atoms with Crippen LogP contribution in [0.15, 0.2) is 71.9 Å². The molecular weight excluding hydrogens is 337 g/mol. The Labute approximate surface area is 146 Å². The molecule has 0 fully saturated rings. The van der Waals surface area contributed by atoms with Gasteiger partial charge in [0.1, 0.15) is 11.5 Å². The molecule has 0 saturated carbocycles. The lowest BCUT2D eigenvalue weighted by molar-refractivity contribution is 0.597. The van der Waals surface area contributed by atoms with Gasteiger partial charge in [0, 0.05) is 34.5 Å². The van der Waals surface area contributed by atoms with E-state index < -0.39 is 11.4 Å². The fourth-order valence-electron chi connectivity index (χ4n) is 2.88. The smallest absolute Gasteiger partial charge is 0.181 e. The van der Waals surface area contributed by atoms with Crippen LogP contribution < -0.4 is 5.14 Å². The van der Waals surface area contributed by atoms with Crippen LogP contribution in [0.5, 0.6) is 0 Å². The molecule has 2 aromatic heterocycles. The summed E-state index contributed by atoms with van der Waals surface area (Å²) in [7, 11) is 0. The second-order valence-corrected chi connectivity index (χ2v) is 6.66. The Bertz CT molecular complexity index is 1060. The van der Waals surface area contributed by atoms with Crippen molar-refractivity contribution >= 4 is 22.4 Å². The first-order valence-corrected chi connectivity index (χ1v) is 8.83. The highest BCUT2D eigenvalue weighted by molar-refractivity contribution is 7.89. The molecule has 4 rings (SSSR count). The standard InChI is InChI=1S/C19H14FN3OS/c20-17-10-12(16-3-1-2-4-18(16)25(21)24)5-6-15(17)14-9-13-7-8-22-19(13)23-11-14/h1-11H,21H2,(H,22,23). The molecule has 0 bridgehead atoms. The predicted molar refractivity (Wildman–Crippen MR) is 97.5 cm³/mol. The molecule has 25 heavy (non-hydrogen) atoms. The zero-order valence-electron chi connectivity index (χ0n) is 13.1. The van der Waals surface area contributed by atoms with E-state index >= 15 is 0 Å². The lowest BCUT2D eigenvalue weighted by Crippen LogP contribution is -2.13. The Balaban J connectivity index is 1.79. The number of halogens is 1. The van der Waals surface area contributed by atoms with E-state index in [1.807, 2.05) is 12.1 Å². The first kappa shape index (κ1) is 15.8. The molecule has 4 nitrogen and oxygen atoms in total. The molecule has 0 spiro atoms. The number of aromatic nitrogens is 2. The molecule has 0 amide bonds. The Kier molecular flexibility index (Phi) is 4.01. The largest absolute Gasteiger partial charge is 0.593 e. The van der Waals surface area contributed by atoms with Crippen molar-refractivity contribution in [3.63, 3.8) is 0 Å². The van der Waals surface area contributed by atoms with Crippen molar-refractivity contribution in [3.8, 4) is 22.3 Å². The van der Waals surface area contributed by atoms with Gasteiger partial charge < -0.3 is 9.54 Å². The maximum atomic E-state index is 14.7. The van der Waals surface area contributed by atoms with E-state index in [9.17, 15) is 8.94 Å². The highest BCUT2D eigenvalue weighted by Gasteiger charge is 2.16. The number of benzene rings is 2. The summed E-state index contributed by atoms with van der Waals surface area (Å²) in [5, 5.41) is 6.44. The Morgan fingerprint density at radius 1 is 1.00 bits per heavy atom. The van der Waals surface area contributed by atoms with Crippen LogP contribution in [-0.2, 0) is 11.4 Å². The number of aromatic amines is 1. The summed E-state index contributed by atoms with van der Waals surface area (Å²) >= 11 is -1.64. The van der Waals surface area contributed by atoms with Crippen LogP contribution in [0.25, 0.3) is 33.3 Å². The van der Waals surface area contributed by atoms with Gasteiger partial charge in [0.2, 0.25) is 0 Å². The molecule has 1 atom stereocenters. The maximum absolute atomic E-state index is 14.7. The summed E-state index contributed by atoms with van der Waals surface area (Å²) in [5.41, 5.74) is 3.22. The van der Waals surface area contributed by atoms with E-state index in [-0.39, 0.29) is 5.82 Å². The zero-order chi connectivity index (χ0) is 17.4. The normalized spacial score (nSPS) is 12.4. The van der Waals surface area contributed by atoms with E-state index in [0.717, 1.165) is 11.0 Å². The summed E-state index contributed by atoms with van der Waals surface area (Å²) < 4.78 is 26.4. The van der Waals surface area contributed by atoms with Gasteiger partial charge in [-0.25, -0.2) is 9.37 Å². The molecule has 0 aliphatic heterocycles. The van der Waals surface area contributed by atoms with Crippen LogP contribution in [0.3, 0.4) is 0 Å². The van der Waals surface area contributed by atoms with Crippen molar-refractivity contribution in [2.24, 2.45) is 5.14 Å². The third-order valence-corrected chi connectivity index (χ3v) is 4.88. The molecule has 3 N–H and O–H groups in total. The van der Waals surface area contributed by atoms with E-state index in [1.165, 1.54) is 6.07 Å². The highest BCUT2D eigenvalue weighted by atomic mass is 32.2. The first-order valence-electron chi connectivity index (χ1n) is 7.62. The molecule has 2 heterocycles. The van der Waals surface area contributed by atoms with E-state index in [1.54, 1.807) is 48.8 Å². The third-order valence-electron chi connectivity index (χ3n) is 4.10. The molecule has 0 aliphatic carbocycles. The Morgan fingerprint density at radius 3 is 2.64 bits per heavy atom. The molecule has 0 radical (unpaired) electrons. The van der Waals surface area contributed by atoms with Gasteiger partial charge in [-0.05, 0) is 35.9 Å². The number of hydrogen-bond donors (Lipinski definition) is 2. The Morgan fingerprint density at radius 2 is 1.84 bits per heavy atom. The minimum atomic E-state index is -1.64. The topological polar surface area (TPSA) is 77.8 Å². The monoisotopic (exact) mass is 351 g/mol. The number of pyridine rings is 1. The molecule has 0 aliphatic rings. The number of hydrogen-bond acceptors (Lipinski definition) is 3. The predicted octanol–water partition coefficient (Wildman–Crippen LogP) is 4.02. The van der Waals surface area contributed by atoms with E-state index in [4.69, 9.17) is 5.14 Å². The van der Waals surface area contributed by atoms with E-state index in [2.05, 4.69) is 9.97 Å². The van der Waals surface area contributed by atoms with Gasteiger partial charge in [0.05, 0.1) is 11.4 Å². The van der Waals surface area contributed by atoms with Crippen LogP contribution >= 0.6 is 0 Å². The fraction of sp³-hybridized carbons (Fsp3) is 0. The lowest BCUT2D eigenvalue weighted by Gasteiger charge is -2.11. The van der Waals surface area contributed by atoms with E-state index in [0.29, 0.717) is 27.1 Å². The summed E-state index contributed by atoms with van der Waals surface area (Å²) in [6.45, 7) is 0. The number of nitrogens with two attached hydrogens (primary N) is 1. The number of H-pyrrole nitrogens is 1. The molecule has 1 unspecified atom stereocenters. The Hall–Kier alpha value is -2.67. The number of rotatable bonds is 3. The first-order chi connectivity index (χ1) is 12.1. The van der Waals surface area contributed by atoms with Gasteiger partial charge in [0.15, 0.2) is 4.90 Å². The lowest BCUT2D eigenvalue weighted by atomic mass is 10.00. The van der Waals surface area contributed by atoms with Gasteiger partial charge in [0.25, 0.3) is 0 Å². The summed E-state index contributed by atoms with van der Waals surface area (Å²) in [6.07, 6.45) is 3.44. The van der Waals surface area contributed by atoms with Crippen LogP contribution in [0.2, 0.25) is 0 Å². The van der Waals surface area contributed by atoms with Gasteiger partial charge in [-0.3, -0.25) is 0 Å². The number of nitrogens with one attached hydrogen (secondary N) is 1. The van der Waals surface area contributed by atoms with Crippen molar-refractivity contribution in [2.75, 3.05) is 0 Å². The number of fused-ring (bicyclic) bond motifs is 1. The molecule has 4 aromatic rings. The molecule has 0 saturated heterocycles. The minimum Gasteiger partial charge on any atom is -0.593 e. The van der Waals surface area contributed by atoms with Crippen LogP contribution in [0.4, 0.5) is 4.39 Å². The average Bonchev–Trinajstić information content (AvgIpc) is 3.09. The number of nitrogens with zero attached hydrogens (tertiary/aromatic N) is 1. The van der Waals surface area contributed by atoms with Crippen molar-refractivity contribution < 1.29 is 8.94 Å². The van der Waals surface area contributed by atoms with Crippen LogP contribution in [-0.4, -0.2) is 14.5 Å². The maximum Gasteiger partial charge on any atom is 0.181 e. The van der Waals surface area contributed by atoms with Crippen molar-refractivity contribution in [3.05, 3.63) is 72.8 Å². The summed E-state index contributed by atoms with van der Waals surface area (Å²) in [6, 6.07) is 15.7.